The van der Waals surface area contributed by atoms with E-state index in [1.807, 2.05) is 10.6 Å². The molecule has 18 N–H and O–H groups in total. The highest BCUT2D eigenvalue weighted by Crippen LogP contribution is 2.13. The number of rotatable bonds is 37. The van der Waals surface area contributed by atoms with Crippen LogP contribution in [-0.2, 0) is 57.5 Å². The number of aliphatic hydroxyl groups excluding tert-OH is 5. The molecule has 1 unspecified atom stereocenters. The molecule has 31 heteroatoms. The number of carboxylic acid groups (broad SMARTS) is 1. The number of primary amides is 1. The molecule has 31 nitrogen and oxygen atoms in total. The molecule has 0 spiro atoms. The molecule has 1 fully saturated rings. The molecule has 77 heavy (non-hydrogen) atoms. The third-order valence-electron chi connectivity index (χ3n) is 11.9. The van der Waals surface area contributed by atoms with Crippen LogP contribution in [0.3, 0.4) is 0 Å². The van der Waals surface area contributed by atoms with Gasteiger partial charge in [0, 0.05) is 26.4 Å². The third-order valence-corrected chi connectivity index (χ3v) is 11.9. The summed E-state index contributed by atoms with van der Waals surface area (Å²) in [6.07, 6.45) is 1.93. The van der Waals surface area contributed by atoms with Gasteiger partial charge in [-0.3, -0.25) is 63.2 Å². The largest absolute Gasteiger partial charge is 0.479 e. The van der Waals surface area contributed by atoms with Gasteiger partial charge in [0.25, 0.3) is 11.8 Å². The summed E-state index contributed by atoms with van der Waals surface area (Å²) in [5.74, 6) is -14.5. The molecule has 1 heterocycles. The van der Waals surface area contributed by atoms with Gasteiger partial charge >= 0.3 is 5.97 Å². The Morgan fingerprint density at radius 1 is 0.701 bits per heavy atom. The Morgan fingerprint density at radius 2 is 1.22 bits per heavy atom. The molecule has 1 aliphatic heterocycles. The van der Waals surface area contributed by atoms with Crippen LogP contribution in [0.25, 0.3) is 0 Å². The van der Waals surface area contributed by atoms with Crippen molar-refractivity contribution in [3.05, 3.63) is 11.8 Å². The van der Waals surface area contributed by atoms with Gasteiger partial charge in [0.05, 0.1) is 32.3 Å². The summed E-state index contributed by atoms with van der Waals surface area (Å²) in [7, 11) is 0. The molecule has 11 amide bonds. The summed E-state index contributed by atoms with van der Waals surface area (Å²) in [5.41, 5.74) is 4.70. The minimum absolute atomic E-state index is 0.0184. The van der Waals surface area contributed by atoms with E-state index in [0.717, 1.165) is 51.5 Å². The highest BCUT2D eigenvalue weighted by atomic mass is 16.5. The van der Waals surface area contributed by atoms with Crippen LogP contribution < -0.4 is 48.3 Å². The quantitative estimate of drug-likeness (QED) is 0.0119. The first kappa shape index (κ1) is 68.1. The number of hydrogen-bond acceptors (Lipinski definition) is 19. The highest BCUT2D eigenvalue weighted by Gasteiger charge is 2.38. The predicted molar refractivity (Wildman–Crippen MR) is 263 cm³/mol. The Labute approximate surface area is 443 Å². The van der Waals surface area contributed by atoms with Crippen LogP contribution in [-0.4, -0.2) is 210 Å². The van der Waals surface area contributed by atoms with Crippen molar-refractivity contribution >= 4 is 70.9 Å². The summed E-state index contributed by atoms with van der Waals surface area (Å²) in [6, 6.07) is -12.8. The number of hydroxylamine groups is 4. The molecule has 0 aromatic heterocycles. The van der Waals surface area contributed by atoms with E-state index in [0.29, 0.717) is 17.9 Å². The van der Waals surface area contributed by atoms with Crippen LogP contribution in [0.2, 0.25) is 0 Å². The molecule has 1 rings (SSSR count). The van der Waals surface area contributed by atoms with Crippen LogP contribution in [0.1, 0.15) is 117 Å². The zero-order chi connectivity index (χ0) is 58.4. The monoisotopic (exact) mass is 1100 g/mol. The van der Waals surface area contributed by atoms with E-state index >= 15 is 0 Å². The van der Waals surface area contributed by atoms with Crippen LogP contribution in [0.15, 0.2) is 11.8 Å². The van der Waals surface area contributed by atoms with Gasteiger partial charge in [0.2, 0.25) is 53.2 Å². The number of hydrogen-bond donors (Lipinski definition) is 17. The molecule has 1 saturated heterocycles. The summed E-state index contributed by atoms with van der Waals surface area (Å²) in [4.78, 5) is 154. The van der Waals surface area contributed by atoms with Gasteiger partial charge in [-0.15, -0.1) is 0 Å². The smallest absolute Gasteiger partial charge is 0.335 e. The second-order valence-corrected chi connectivity index (χ2v) is 18.1. The van der Waals surface area contributed by atoms with Gasteiger partial charge in [-0.25, -0.2) is 14.9 Å². The first-order valence-corrected chi connectivity index (χ1v) is 25.1. The molecule has 0 bridgehead atoms. The molecule has 1 aliphatic rings. The van der Waals surface area contributed by atoms with Gasteiger partial charge < -0.3 is 78.9 Å². The molecule has 436 valence electrons. The first-order chi connectivity index (χ1) is 36.3. The van der Waals surface area contributed by atoms with E-state index < -0.39 is 183 Å². The normalized spacial score (nSPS) is 16.6. The topological polar surface area (TPSA) is 495 Å². The number of amides is 11. The van der Waals surface area contributed by atoms with Crippen molar-refractivity contribution in [3.63, 3.8) is 0 Å². The second-order valence-electron chi connectivity index (χ2n) is 18.1. The van der Waals surface area contributed by atoms with Gasteiger partial charge in [-0.2, -0.15) is 0 Å². The van der Waals surface area contributed by atoms with E-state index in [1.54, 1.807) is 0 Å². The van der Waals surface area contributed by atoms with Crippen LogP contribution >= 0.6 is 0 Å². The molecule has 0 aromatic rings. The average Bonchev–Trinajstić information content (AvgIpc) is 3.38. The number of nitrogens with one attached hydrogen (secondary N) is 8. The number of unbranched alkanes of at least 4 members (excludes halogenated alkanes) is 6. The maximum Gasteiger partial charge on any atom is 0.335 e. The van der Waals surface area contributed by atoms with Crippen molar-refractivity contribution in [2.24, 2.45) is 5.73 Å². The number of aliphatic carboxylic acids is 1. The molecular formula is C46H77N11O20. The van der Waals surface area contributed by atoms with Gasteiger partial charge in [0.15, 0.2) is 6.10 Å². The molecule has 0 aliphatic carbocycles. The molecule has 0 saturated carbocycles. The van der Waals surface area contributed by atoms with E-state index in [-0.39, 0.29) is 30.9 Å². The van der Waals surface area contributed by atoms with Crippen molar-refractivity contribution in [3.8, 4) is 0 Å². The van der Waals surface area contributed by atoms with Crippen LogP contribution in [0, 0.1) is 0 Å². The Bertz CT molecular complexity index is 2060. The maximum atomic E-state index is 13.7. The number of nitrogens with zero attached hydrogens (tertiary/aromatic N) is 2. The number of aliphatic hydroxyl groups is 5. The summed E-state index contributed by atoms with van der Waals surface area (Å²) in [5, 5.41) is 97.8. The number of carbonyl (C=O) groups is 12. The third kappa shape index (κ3) is 25.2. The van der Waals surface area contributed by atoms with Crippen molar-refractivity contribution in [1.29, 1.82) is 0 Å². The first-order valence-electron chi connectivity index (χ1n) is 25.1. The summed E-state index contributed by atoms with van der Waals surface area (Å²) >= 11 is 0. The molecule has 0 radical (unpaired) electrons. The maximum absolute atomic E-state index is 13.7. The zero-order valence-corrected chi connectivity index (χ0v) is 43.4. The van der Waals surface area contributed by atoms with Crippen LogP contribution in [0.4, 0.5) is 0 Å². The summed E-state index contributed by atoms with van der Waals surface area (Å²) < 4.78 is 0. The fraction of sp³-hybridized carbons (Fsp3) is 0.696. The van der Waals surface area contributed by atoms with Crippen molar-refractivity contribution < 1.29 is 98.6 Å². The summed E-state index contributed by atoms with van der Waals surface area (Å²) in [6.45, 7) is 0.533. The fourth-order valence-electron chi connectivity index (χ4n) is 7.38. The standard InChI is InChI=1S/C46H77N11O20/c1-4-6-7-8-9-10-11-14-26(62)21-35(64)55-36(37(65)46(74)75)44(72)54-33(24-60)42(70)50-29(17-18-34(47)63)40(68)53-31(22-58)41(69)49-28(15-12-19-56(76)25(3)61)39(67)48-27(5-2)38(66)52-32(23-59)43(71)51-30-16-13-20-57(77)45(30)73/h5,26,28-33,36-37,58-60,62,65,76-77H,4,6-24H2,1-3H3,(H2,47,63)(H,48,67)(H,49,69)(H,50,70)(H,51,71)(H,52,66)(H,53,68)(H,54,72)(H,55,64)(H,74,75)/b27-5-/t26?,28-,29-,30+,31+,32+,33-,36+,37+/m0/s1. The lowest BCUT2D eigenvalue weighted by Gasteiger charge is -2.29. The van der Waals surface area contributed by atoms with Crippen molar-refractivity contribution in [2.75, 3.05) is 32.9 Å². The highest BCUT2D eigenvalue weighted by molar-refractivity contribution is 6.02. The van der Waals surface area contributed by atoms with Crippen LogP contribution in [0.5, 0.6) is 0 Å². The lowest BCUT2D eigenvalue weighted by atomic mass is 10.0. The van der Waals surface area contributed by atoms with Gasteiger partial charge in [-0.1, -0.05) is 57.9 Å². The SMILES string of the molecule is C/C=C(\NC(=O)[C@H](CCCN(O)C(C)=O)NC(=O)[C@@H](CO)NC(=O)[C@H](CCC(N)=O)NC(=O)[C@H](CO)NC(=O)[C@H](NC(=O)CC(O)CCCCCCCCC)[C@@H](O)C(=O)O)C(=O)N[C@H](CO)C(=O)N[C@@H]1CCCN(O)C1=O. The Morgan fingerprint density at radius 3 is 1.75 bits per heavy atom. The van der Waals surface area contributed by atoms with E-state index in [1.165, 1.54) is 6.92 Å². The van der Waals surface area contributed by atoms with Gasteiger partial charge in [0.1, 0.15) is 48.0 Å². The lowest BCUT2D eigenvalue weighted by molar-refractivity contribution is -0.173. The Kier molecular flexibility index (Phi) is 32.0. The van der Waals surface area contributed by atoms with E-state index in [2.05, 4.69) is 38.8 Å². The number of allylic oxidation sites excluding steroid dienone is 1. The van der Waals surface area contributed by atoms with Crippen molar-refractivity contribution in [2.45, 2.75) is 172 Å². The van der Waals surface area contributed by atoms with E-state index in [9.17, 15) is 98.6 Å². The minimum Gasteiger partial charge on any atom is -0.479 e. The number of nitrogens with two attached hydrogens (primary N) is 1. The molecular weight excluding hydrogens is 1030 g/mol. The second kappa shape index (κ2) is 36.2. The lowest BCUT2D eigenvalue weighted by Crippen LogP contribution is -2.62. The average molecular weight is 1100 g/mol. The molecule has 0 aromatic carbocycles. The molecule has 9 atom stereocenters. The fourth-order valence-corrected chi connectivity index (χ4v) is 7.38. The van der Waals surface area contributed by atoms with Gasteiger partial charge in [-0.05, 0) is 45.4 Å². The zero-order valence-electron chi connectivity index (χ0n) is 43.4. The Balaban J connectivity index is 3.24. The van der Waals surface area contributed by atoms with Crippen molar-refractivity contribution in [1.82, 2.24) is 52.7 Å². The Hall–Kier alpha value is -6.90. The predicted octanol–water partition coefficient (Wildman–Crippen LogP) is -5.99. The minimum atomic E-state index is -2.61. The number of carboxylic acids is 1. The number of piperidine rings is 1. The van der Waals surface area contributed by atoms with E-state index in [4.69, 9.17) is 5.73 Å². The number of carbonyl (C=O) groups excluding carboxylic acids is 11.